The Morgan fingerprint density at radius 2 is 1.74 bits per heavy atom. The van der Waals surface area contributed by atoms with E-state index in [1.165, 1.54) is 0 Å². The van der Waals surface area contributed by atoms with E-state index in [4.69, 9.17) is 4.74 Å². The van der Waals surface area contributed by atoms with Crippen molar-refractivity contribution >= 4 is 5.97 Å². The van der Waals surface area contributed by atoms with Gasteiger partial charge < -0.3 is 9.84 Å². The highest BCUT2D eigenvalue weighted by Gasteiger charge is 2.32. The highest BCUT2D eigenvalue weighted by atomic mass is 16.5. The molecule has 0 fully saturated rings. The molecule has 0 saturated carbocycles. The molecule has 1 aliphatic heterocycles. The lowest BCUT2D eigenvalue weighted by Crippen LogP contribution is -2.06. The SMILES string of the molecule is O=C1OC(CC(O)c2ccccc2)c2ccccc21. The van der Waals surface area contributed by atoms with Crippen molar-refractivity contribution in [2.75, 3.05) is 0 Å². The van der Waals surface area contributed by atoms with Crippen LogP contribution in [0.3, 0.4) is 0 Å². The van der Waals surface area contributed by atoms with Crippen molar-refractivity contribution in [1.82, 2.24) is 0 Å². The Bertz CT molecular complexity index is 592. The lowest BCUT2D eigenvalue weighted by atomic mass is 9.97. The predicted octanol–water partition coefficient (Wildman–Crippen LogP) is 3.02. The quantitative estimate of drug-likeness (QED) is 0.856. The minimum atomic E-state index is -0.634. The van der Waals surface area contributed by atoms with Crippen LogP contribution >= 0.6 is 0 Å². The molecule has 3 rings (SSSR count). The molecule has 0 aromatic heterocycles. The standard InChI is InChI=1S/C16H14O3/c17-14(11-6-2-1-3-7-11)10-15-12-8-4-5-9-13(12)16(18)19-15/h1-9,14-15,17H,10H2. The fourth-order valence-corrected chi connectivity index (χ4v) is 2.41. The molecule has 1 N–H and O–H groups in total. The van der Waals surface area contributed by atoms with Crippen molar-refractivity contribution in [3.8, 4) is 0 Å². The number of hydrogen-bond donors (Lipinski definition) is 1. The zero-order valence-electron chi connectivity index (χ0n) is 10.3. The third-order valence-corrected chi connectivity index (χ3v) is 3.40. The van der Waals surface area contributed by atoms with Crippen LogP contribution in [0.2, 0.25) is 0 Å². The smallest absolute Gasteiger partial charge is 0.339 e. The van der Waals surface area contributed by atoms with Gasteiger partial charge in [0, 0.05) is 12.0 Å². The molecule has 0 aliphatic carbocycles. The van der Waals surface area contributed by atoms with Gasteiger partial charge in [-0.3, -0.25) is 0 Å². The van der Waals surface area contributed by atoms with Crippen molar-refractivity contribution < 1.29 is 14.6 Å². The van der Waals surface area contributed by atoms with Crippen LogP contribution in [-0.2, 0) is 4.74 Å². The summed E-state index contributed by atoms with van der Waals surface area (Å²) in [4.78, 5) is 11.7. The third-order valence-electron chi connectivity index (χ3n) is 3.40. The van der Waals surface area contributed by atoms with Gasteiger partial charge in [-0.25, -0.2) is 4.79 Å². The molecule has 1 aliphatic rings. The number of aliphatic hydroxyl groups excluding tert-OH is 1. The highest BCUT2D eigenvalue weighted by molar-refractivity contribution is 5.93. The van der Waals surface area contributed by atoms with Gasteiger partial charge in [0.25, 0.3) is 0 Å². The molecule has 0 amide bonds. The molecular formula is C16H14O3. The number of benzene rings is 2. The molecule has 0 radical (unpaired) electrons. The predicted molar refractivity (Wildman–Crippen MR) is 70.6 cm³/mol. The summed E-state index contributed by atoms with van der Waals surface area (Å²) in [6.07, 6.45) is -0.615. The van der Waals surface area contributed by atoms with E-state index >= 15 is 0 Å². The van der Waals surface area contributed by atoms with Gasteiger partial charge in [-0.05, 0) is 11.6 Å². The number of carbonyl (C=O) groups excluding carboxylic acids is 1. The largest absolute Gasteiger partial charge is 0.454 e. The summed E-state index contributed by atoms with van der Waals surface area (Å²) in [6, 6.07) is 16.7. The van der Waals surface area contributed by atoms with Crippen LogP contribution in [0.1, 0.15) is 40.1 Å². The van der Waals surface area contributed by atoms with Crippen molar-refractivity contribution in [3.05, 3.63) is 71.3 Å². The summed E-state index contributed by atoms with van der Waals surface area (Å²) in [6.45, 7) is 0. The molecular weight excluding hydrogens is 240 g/mol. The zero-order chi connectivity index (χ0) is 13.2. The first-order chi connectivity index (χ1) is 9.25. The van der Waals surface area contributed by atoms with Crippen molar-refractivity contribution in [1.29, 1.82) is 0 Å². The molecule has 3 nitrogen and oxygen atoms in total. The Kier molecular flexibility index (Phi) is 3.05. The van der Waals surface area contributed by atoms with Gasteiger partial charge in [0.05, 0.1) is 11.7 Å². The summed E-state index contributed by atoms with van der Waals surface area (Å²) < 4.78 is 5.32. The van der Waals surface area contributed by atoms with Crippen molar-refractivity contribution in [3.63, 3.8) is 0 Å². The van der Waals surface area contributed by atoms with Gasteiger partial charge >= 0.3 is 5.97 Å². The number of cyclic esters (lactones) is 1. The highest BCUT2D eigenvalue weighted by Crippen LogP contribution is 2.36. The van der Waals surface area contributed by atoms with Gasteiger partial charge in [0.15, 0.2) is 0 Å². The second-order valence-corrected chi connectivity index (χ2v) is 4.64. The van der Waals surface area contributed by atoms with E-state index in [0.29, 0.717) is 12.0 Å². The maximum atomic E-state index is 11.7. The summed E-state index contributed by atoms with van der Waals surface area (Å²) in [7, 11) is 0. The maximum Gasteiger partial charge on any atom is 0.339 e. The second-order valence-electron chi connectivity index (χ2n) is 4.64. The van der Waals surface area contributed by atoms with Crippen molar-refractivity contribution in [2.45, 2.75) is 18.6 Å². The van der Waals surface area contributed by atoms with Crippen LogP contribution in [0.5, 0.6) is 0 Å². The van der Waals surface area contributed by atoms with Crippen molar-refractivity contribution in [2.24, 2.45) is 0 Å². The van der Waals surface area contributed by atoms with E-state index in [1.54, 1.807) is 6.07 Å². The zero-order valence-corrected chi connectivity index (χ0v) is 10.3. The minimum Gasteiger partial charge on any atom is -0.454 e. The average Bonchev–Trinajstić information content (AvgIpc) is 2.77. The van der Waals surface area contributed by atoms with Crippen LogP contribution in [0, 0.1) is 0 Å². The van der Waals surface area contributed by atoms with E-state index in [2.05, 4.69) is 0 Å². The molecule has 1 heterocycles. The van der Waals surface area contributed by atoms with Crippen LogP contribution in [0.4, 0.5) is 0 Å². The van der Waals surface area contributed by atoms with Crippen LogP contribution < -0.4 is 0 Å². The molecule has 96 valence electrons. The fraction of sp³-hybridized carbons (Fsp3) is 0.188. The fourth-order valence-electron chi connectivity index (χ4n) is 2.41. The number of aliphatic hydroxyl groups is 1. The normalized spacial score (nSPS) is 18.8. The van der Waals surface area contributed by atoms with E-state index in [1.807, 2.05) is 48.5 Å². The van der Waals surface area contributed by atoms with Crippen LogP contribution in [0.15, 0.2) is 54.6 Å². The summed E-state index contributed by atoms with van der Waals surface area (Å²) in [5.41, 5.74) is 2.30. The molecule has 2 atom stereocenters. The second kappa shape index (κ2) is 4.86. The number of fused-ring (bicyclic) bond motifs is 1. The molecule has 3 heteroatoms. The van der Waals surface area contributed by atoms with Gasteiger partial charge in [0.1, 0.15) is 6.10 Å². The summed E-state index contributed by atoms with van der Waals surface area (Å²) >= 11 is 0. The van der Waals surface area contributed by atoms with Gasteiger partial charge in [-0.1, -0.05) is 48.5 Å². The minimum absolute atomic E-state index is 0.305. The van der Waals surface area contributed by atoms with E-state index in [0.717, 1.165) is 11.1 Å². The van der Waals surface area contributed by atoms with E-state index in [9.17, 15) is 9.90 Å². The number of rotatable bonds is 3. The van der Waals surface area contributed by atoms with Crippen LogP contribution in [0.25, 0.3) is 0 Å². The molecule has 2 unspecified atom stereocenters. The molecule has 0 spiro atoms. The molecule has 2 aromatic rings. The Morgan fingerprint density at radius 3 is 2.53 bits per heavy atom. The molecule has 0 saturated heterocycles. The maximum absolute atomic E-state index is 11.7. The molecule has 0 bridgehead atoms. The summed E-state index contributed by atoms with van der Waals surface area (Å²) in [5, 5.41) is 10.2. The lowest BCUT2D eigenvalue weighted by molar-refractivity contribution is 0.0234. The number of carbonyl (C=O) groups is 1. The first-order valence-corrected chi connectivity index (χ1v) is 6.28. The van der Waals surface area contributed by atoms with Gasteiger partial charge in [-0.2, -0.15) is 0 Å². The summed E-state index contributed by atoms with van der Waals surface area (Å²) in [5.74, 6) is -0.305. The number of hydrogen-bond acceptors (Lipinski definition) is 3. The topological polar surface area (TPSA) is 46.5 Å². The third kappa shape index (κ3) is 2.25. The lowest BCUT2D eigenvalue weighted by Gasteiger charge is -2.16. The number of esters is 1. The van der Waals surface area contributed by atoms with Gasteiger partial charge in [-0.15, -0.1) is 0 Å². The molecule has 19 heavy (non-hydrogen) atoms. The van der Waals surface area contributed by atoms with E-state index in [-0.39, 0.29) is 12.1 Å². The van der Waals surface area contributed by atoms with Crippen LogP contribution in [-0.4, -0.2) is 11.1 Å². The monoisotopic (exact) mass is 254 g/mol. The van der Waals surface area contributed by atoms with Gasteiger partial charge in [0.2, 0.25) is 0 Å². The Labute approximate surface area is 111 Å². The first kappa shape index (κ1) is 11.9. The first-order valence-electron chi connectivity index (χ1n) is 6.28. The Hall–Kier alpha value is -2.13. The average molecular weight is 254 g/mol. The Balaban J connectivity index is 1.81. The molecule has 2 aromatic carbocycles. The number of ether oxygens (including phenoxy) is 1. The Morgan fingerprint density at radius 1 is 1.05 bits per heavy atom. The van der Waals surface area contributed by atoms with E-state index < -0.39 is 6.10 Å².